The van der Waals surface area contributed by atoms with E-state index in [1.165, 1.54) is 26.4 Å². The maximum atomic E-state index is 11.4. The van der Waals surface area contributed by atoms with Crippen molar-refractivity contribution in [2.45, 2.75) is 24.6 Å². The van der Waals surface area contributed by atoms with Crippen molar-refractivity contribution in [3.63, 3.8) is 0 Å². The molecule has 0 unspecified atom stereocenters. The standard InChI is InChI=1S/C16H20N4O7S/c1-10-17-15(20(24)25)16(28-9-12(21)8-26-2)18(10)7-11-4-5-14(27-3)13(6-11)19(22)23/h4-6,12,21H,7-9H2,1-3H3/t12-/m0/s1. The fraction of sp³-hybridized carbons (Fsp3) is 0.438. The van der Waals surface area contributed by atoms with E-state index in [1.807, 2.05) is 0 Å². The van der Waals surface area contributed by atoms with E-state index in [9.17, 15) is 25.3 Å². The summed E-state index contributed by atoms with van der Waals surface area (Å²) in [5.74, 6) is 0.353. The molecule has 0 spiro atoms. The number of nitro benzene ring substituents is 1. The van der Waals surface area contributed by atoms with Crippen molar-refractivity contribution in [2.75, 3.05) is 26.6 Å². The predicted molar refractivity (Wildman–Crippen MR) is 101 cm³/mol. The Kier molecular flexibility index (Phi) is 7.31. The summed E-state index contributed by atoms with van der Waals surface area (Å²) in [6, 6.07) is 4.48. The van der Waals surface area contributed by atoms with E-state index >= 15 is 0 Å². The lowest BCUT2D eigenvalue weighted by Crippen LogP contribution is -2.17. The quantitative estimate of drug-likeness (QED) is 0.353. The van der Waals surface area contributed by atoms with Gasteiger partial charge < -0.3 is 24.7 Å². The molecule has 0 aliphatic carbocycles. The van der Waals surface area contributed by atoms with Gasteiger partial charge in [-0.15, -0.1) is 0 Å². The molecular weight excluding hydrogens is 392 g/mol. The fourth-order valence-corrected chi connectivity index (χ4v) is 3.60. The molecule has 1 N–H and O–H groups in total. The highest BCUT2D eigenvalue weighted by molar-refractivity contribution is 7.99. The van der Waals surface area contributed by atoms with Gasteiger partial charge in [0.25, 0.3) is 0 Å². The largest absolute Gasteiger partial charge is 0.490 e. The molecule has 0 aliphatic rings. The summed E-state index contributed by atoms with van der Waals surface area (Å²) >= 11 is 1.08. The van der Waals surface area contributed by atoms with Crippen LogP contribution < -0.4 is 4.74 Å². The number of hydrogen-bond acceptors (Lipinski definition) is 9. The zero-order valence-corrected chi connectivity index (χ0v) is 16.3. The van der Waals surface area contributed by atoms with Crippen molar-refractivity contribution in [1.29, 1.82) is 0 Å². The van der Waals surface area contributed by atoms with Crippen molar-refractivity contribution in [2.24, 2.45) is 0 Å². The summed E-state index contributed by atoms with van der Waals surface area (Å²) < 4.78 is 11.4. The van der Waals surface area contributed by atoms with Crippen LogP contribution in [-0.4, -0.2) is 57.2 Å². The zero-order valence-electron chi connectivity index (χ0n) is 15.5. The number of aliphatic hydroxyl groups is 1. The Bertz CT molecular complexity index is 871. The molecule has 0 saturated carbocycles. The van der Waals surface area contributed by atoms with Crippen LogP contribution in [0.5, 0.6) is 5.75 Å². The van der Waals surface area contributed by atoms with Crippen LogP contribution in [0.15, 0.2) is 23.2 Å². The van der Waals surface area contributed by atoms with Gasteiger partial charge in [0.1, 0.15) is 0 Å². The number of imidazole rings is 1. The van der Waals surface area contributed by atoms with Crippen LogP contribution in [0.4, 0.5) is 11.5 Å². The Morgan fingerprint density at radius 3 is 2.57 bits per heavy atom. The molecule has 0 bridgehead atoms. The molecule has 28 heavy (non-hydrogen) atoms. The molecule has 1 atom stereocenters. The van der Waals surface area contributed by atoms with E-state index in [0.717, 1.165) is 11.8 Å². The van der Waals surface area contributed by atoms with Crippen LogP contribution in [-0.2, 0) is 11.3 Å². The molecule has 0 aliphatic heterocycles. The molecule has 1 aromatic carbocycles. The average Bonchev–Trinajstić information content (AvgIpc) is 2.96. The molecule has 2 rings (SSSR count). The third kappa shape index (κ3) is 4.97. The van der Waals surface area contributed by atoms with Crippen LogP contribution in [0.1, 0.15) is 11.4 Å². The van der Waals surface area contributed by atoms with Crippen LogP contribution in [0.2, 0.25) is 0 Å². The monoisotopic (exact) mass is 412 g/mol. The number of thioether (sulfide) groups is 1. The number of aromatic nitrogens is 2. The number of rotatable bonds is 10. The smallest absolute Gasteiger partial charge is 0.396 e. The molecular formula is C16H20N4O7S. The summed E-state index contributed by atoms with van der Waals surface area (Å²) in [7, 11) is 2.78. The van der Waals surface area contributed by atoms with Crippen molar-refractivity contribution in [3.05, 3.63) is 49.8 Å². The first kappa shape index (κ1) is 21.6. The van der Waals surface area contributed by atoms with Gasteiger partial charge >= 0.3 is 11.5 Å². The molecule has 0 saturated heterocycles. The number of ether oxygens (including phenoxy) is 2. The molecule has 0 radical (unpaired) electrons. The number of aliphatic hydroxyl groups excluding tert-OH is 1. The van der Waals surface area contributed by atoms with E-state index in [2.05, 4.69) is 4.98 Å². The Labute approximate surface area is 164 Å². The van der Waals surface area contributed by atoms with Gasteiger partial charge in [0.05, 0.1) is 31.3 Å². The number of hydrogen-bond donors (Lipinski definition) is 1. The van der Waals surface area contributed by atoms with Crippen molar-refractivity contribution < 1.29 is 24.4 Å². The second-order valence-corrected chi connectivity index (χ2v) is 6.82. The molecule has 0 amide bonds. The SMILES string of the molecule is COC[C@H](O)CSc1c([N+](=O)[O-])nc(C)n1Cc1ccc(OC)c([N+](=O)[O-])c1. The third-order valence-corrected chi connectivity index (χ3v) is 5.05. The highest BCUT2D eigenvalue weighted by Crippen LogP contribution is 2.33. The molecule has 1 aromatic heterocycles. The van der Waals surface area contributed by atoms with Gasteiger partial charge in [-0.3, -0.25) is 14.7 Å². The lowest BCUT2D eigenvalue weighted by Gasteiger charge is -2.11. The molecule has 0 fully saturated rings. The second-order valence-electron chi connectivity index (χ2n) is 5.81. The first-order valence-electron chi connectivity index (χ1n) is 8.11. The molecule has 11 nitrogen and oxygen atoms in total. The fourth-order valence-electron chi connectivity index (χ4n) is 2.55. The van der Waals surface area contributed by atoms with E-state index < -0.39 is 16.0 Å². The van der Waals surface area contributed by atoms with Gasteiger partial charge in [-0.25, -0.2) is 0 Å². The number of methoxy groups -OCH3 is 2. The van der Waals surface area contributed by atoms with Crippen molar-refractivity contribution in [3.8, 4) is 5.75 Å². The topological polar surface area (TPSA) is 143 Å². The lowest BCUT2D eigenvalue weighted by atomic mass is 10.2. The first-order valence-corrected chi connectivity index (χ1v) is 9.09. The molecule has 1 heterocycles. The second kappa shape index (κ2) is 9.48. The zero-order chi connectivity index (χ0) is 20.8. The van der Waals surface area contributed by atoms with Gasteiger partial charge in [-0.05, 0) is 21.5 Å². The third-order valence-electron chi connectivity index (χ3n) is 3.82. The Balaban J connectivity index is 2.38. The van der Waals surface area contributed by atoms with Crippen molar-refractivity contribution in [1.82, 2.24) is 9.55 Å². The van der Waals surface area contributed by atoms with Gasteiger partial charge in [-0.1, -0.05) is 17.8 Å². The summed E-state index contributed by atoms with van der Waals surface area (Å²) in [5.41, 5.74) is 0.360. The summed E-state index contributed by atoms with van der Waals surface area (Å²) in [4.78, 5) is 25.4. The van der Waals surface area contributed by atoms with E-state index in [0.29, 0.717) is 11.4 Å². The van der Waals surface area contributed by atoms with Crippen LogP contribution in [0.3, 0.4) is 0 Å². The van der Waals surface area contributed by atoms with Gasteiger partial charge in [0, 0.05) is 25.9 Å². The normalized spacial score (nSPS) is 12.0. The average molecular weight is 412 g/mol. The maximum absolute atomic E-state index is 11.4. The highest BCUT2D eigenvalue weighted by atomic mass is 32.2. The molecule has 152 valence electrons. The lowest BCUT2D eigenvalue weighted by molar-refractivity contribution is -0.392. The maximum Gasteiger partial charge on any atom is 0.396 e. The Morgan fingerprint density at radius 1 is 1.29 bits per heavy atom. The van der Waals surface area contributed by atoms with Crippen LogP contribution in [0, 0.1) is 27.2 Å². The Hall–Kier alpha value is -2.70. The van der Waals surface area contributed by atoms with Crippen LogP contribution in [0.25, 0.3) is 0 Å². The molecule has 2 aromatic rings. The summed E-state index contributed by atoms with van der Waals surface area (Å²) in [5, 5.41) is 32.7. The number of benzene rings is 1. The highest BCUT2D eigenvalue weighted by Gasteiger charge is 2.27. The molecule has 12 heteroatoms. The van der Waals surface area contributed by atoms with Gasteiger partial charge in [-0.2, -0.15) is 0 Å². The number of nitro groups is 2. The number of nitrogens with zero attached hydrogens (tertiary/aromatic N) is 4. The van der Waals surface area contributed by atoms with Crippen molar-refractivity contribution >= 4 is 23.3 Å². The summed E-state index contributed by atoms with van der Waals surface area (Å²) in [6.07, 6.45) is -0.805. The van der Waals surface area contributed by atoms with E-state index in [4.69, 9.17) is 9.47 Å². The van der Waals surface area contributed by atoms with Gasteiger partial charge in [0.2, 0.25) is 5.82 Å². The van der Waals surface area contributed by atoms with Gasteiger partial charge in [0.15, 0.2) is 10.8 Å². The minimum absolute atomic E-state index is 0.0958. The van der Waals surface area contributed by atoms with E-state index in [1.54, 1.807) is 17.6 Å². The summed E-state index contributed by atoms with van der Waals surface area (Å²) in [6.45, 7) is 1.85. The minimum atomic E-state index is -0.805. The van der Waals surface area contributed by atoms with E-state index in [-0.39, 0.29) is 41.2 Å². The first-order chi connectivity index (χ1) is 13.3. The minimum Gasteiger partial charge on any atom is -0.490 e. The number of aryl methyl sites for hydroxylation is 1. The predicted octanol–water partition coefficient (Wildman–Crippen LogP) is 2.16. The van der Waals surface area contributed by atoms with Crippen LogP contribution >= 0.6 is 11.8 Å². The Morgan fingerprint density at radius 2 is 2.00 bits per heavy atom.